The molecule has 0 fully saturated rings. The second-order valence-electron chi connectivity index (χ2n) is 0.192. The van der Waals surface area contributed by atoms with Crippen LogP contribution in [0.25, 0.3) is 0 Å². The second-order valence-corrected chi connectivity index (χ2v) is 0.577. The van der Waals surface area contributed by atoms with Gasteiger partial charge in [0.05, 0.1) is 6.89 Å². The van der Waals surface area contributed by atoms with Gasteiger partial charge in [-0.05, 0) is 0 Å². The van der Waals surface area contributed by atoms with Crippen molar-refractivity contribution in [2.75, 3.05) is 0 Å². The van der Waals surface area contributed by atoms with E-state index in [0.717, 1.165) is 0 Å². The first-order valence-electron chi connectivity index (χ1n) is 0.667. The van der Waals surface area contributed by atoms with Crippen LogP contribution in [-0.2, 0) is 16.5 Å². The monoisotopic (exact) mass is 113 g/mol. The summed E-state index contributed by atoms with van der Waals surface area (Å²) >= 11 is 0. The fourth-order valence-corrected chi connectivity index (χ4v) is 0. The molecule has 0 spiro atoms. The molecule has 0 N–H and O–H groups in total. The molecule has 0 heterocycles. The Hall–Kier alpha value is 1.05. The smallest absolute Gasteiger partial charge is 0.0825 e. The molecule has 0 aromatic heterocycles. The normalized spacial score (nSPS) is 3.25. The maximum absolute atomic E-state index is 4.69. The molecule has 0 aliphatic carbocycles. The molecule has 0 nitrogen and oxygen atoms in total. The van der Waals surface area contributed by atoms with E-state index in [-0.39, 0.29) is 16.5 Å². The van der Waals surface area contributed by atoms with E-state index in [1.165, 1.54) is 6.89 Å². The van der Waals surface area contributed by atoms with Crippen LogP contribution in [0.3, 0.4) is 0 Å². The van der Waals surface area contributed by atoms with E-state index >= 15 is 0 Å². The Morgan fingerprint density at radius 3 is 1.75 bits per heavy atom. The largest absolute Gasteiger partial charge is 0.188 e. The Labute approximate surface area is 40.8 Å². The van der Waals surface area contributed by atoms with Crippen molar-refractivity contribution >= 4 is 23.7 Å². The average molecular weight is 113 g/mol. The van der Waals surface area contributed by atoms with Crippen LogP contribution in [-0.4, -0.2) is 14.6 Å². The van der Waals surface area contributed by atoms with E-state index in [2.05, 4.69) is 16.9 Å². The molecule has 0 aromatic carbocycles. The summed E-state index contributed by atoms with van der Waals surface area (Å²) in [7, 11) is 6.92. The van der Waals surface area contributed by atoms with Gasteiger partial charge in [-0.2, -0.15) is 9.12 Å². The predicted molar refractivity (Wildman–Crippen MR) is 21.2 cm³/mol. The van der Waals surface area contributed by atoms with Crippen molar-refractivity contribution in [2.45, 2.75) is 0 Å². The topological polar surface area (TPSA) is 0 Å². The van der Waals surface area contributed by atoms with Gasteiger partial charge in [-0.1, -0.05) is 0 Å². The molecular formula is H2B2NiP. The fourth-order valence-electron chi connectivity index (χ4n) is 0. The van der Waals surface area contributed by atoms with Crippen LogP contribution in [0.15, 0.2) is 0 Å². The third-order valence-electron chi connectivity index (χ3n) is 0. The van der Waals surface area contributed by atoms with Gasteiger partial charge in [0.2, 0.25) is 0 Å². The van der Waals surface area contributed by atoms with E-state index < -0.39 is 0 Å². The maximum Gasteiger partial charge on any atom is 0.0825 e. The van der Waals surface area contributed by atoms with Gasteiger partial charge in [0, 0.05) is 24.2 Å². The minimum absolute atomic E-state index is 0. The first kappa shape index (κ1) is 8.91. The standard InChI is InChI=1S/B2H2P.Ni/c1-2-3;/h3H2;. The summed E-state index contributed by atoms with van der Waals surface area (Å²) in [5.74, 6) is 0. The minimum Gasteiger partial charge on any atom is -0.188 e. The second kappa shape index (κ2) is 8.96. The van der Waals surface area contributed by atoms with Gasteiger partial charge in [-0.3, -0.25) is 0 Å². The summed E-state index contributed by atoms with van der Waals surface area (Å²) in [4.78, 5) is 0. The molecule has 0 aliphatic heterocycles. The molecule has 23 valence electrons. The average Bonchev–Trinajstić information content (AvgIpc) is 0.918. The van der Waals surface area contributed by atoms with E-state index in [4.69, 9.17) is 0 Å². The van der Waals surface area contributed by atoms with E-state index in [9.17, 15) is 0 Å². The summed E-state index contributed by atoms with van der Waals surface area (Å²) in [5.41, 5.74) is 0. The fraction of sp³-hybridized carbons (Fsp3) is 0. The molecule has 0 saturated carbocycles. The summed E-state index contributed by atoms with van der Waals surface area (Å²) in [6.07, 6.45) is 0. The Balaban J connectivity index is 0. The van der Waals surface area contributed by atoms with Gasteiger partial charge in [-0.25, -0.2) is 0 Å². The van der Waals surface area contributed by atoms with Crippen LogP contribution in [0.5, 0.6) is 0 Å². The van der Waals surface area contributed by atoms with Crippen molar-refractivity contribution < 1.29 is 16.5 Å². The van der Waals surface area contributed by atoms with Crippen LogP contribution in [0, 0.1) is 0 Å². The zero-order chi connectivity index (χ0) is 2.71. The molecule has 4 heavy (non-hydrogen) atoms. The number of rotatable bonds is 0. The van der Waals surface area contributed by atoms with Gasteiger partial charge in [-0.15, -0.1) is 0 Å². The zero-order valence-electron chi connectivity index (χ0n) is 2.05. The zero-order valence-corrected chi connectivity index (χ0v) is 4.19. The molecule has 1 atom stereocenters. The number of hydrogen-bond acceptors (Lipinski definition) is 0. The van der Waals surface area contributed by atoms with Gasteiger partial charge >= 0.3 is 0 Å². The van der Waals surface area contributed by atoms with Crippen LogP contribution in [0.4, 0.5) is 0 Å². The van der Waals surface area contributed by atoms with Crippen molar-refractivity contribution in [2.24, 2.45) is 0 Å². The minimum atomic E-state index is 0. The Kier molecular flexibility index (Phi) is 20.0. The maximum atomic E-state index is 4.69. The third kappa shape index (κ3) is 11.6. The molecular weight excluding hydrogens is 111 g/mol. The Morgan fingerprint density at radius 1 is 1.75 bits per heavy atom. The molecule has 0 bridgehead atoms. The van der Waals surface area contributed by atoms with Crippen LogP contribution >= 0.6 is 9.12 Å². The predicted octanol–water partition coefficient (Wildman–Crippen LogP) is -0.438. The summed E-state index contributed by atoms with van der Waals surface area (Å²) < 4.78 is 0. The first-order valence-corrected chi connectivity index (χ1v) is 1.33. The quantitative estimate of drug-likeness (QED) is 0.295. The van der Waals surface area contributed by atoms with Crippen molar-refractivity contribution in [1.82, 2.24) is 0 Å². The van der Waals surface area contributed by atoms with Crippen LogP contribution < -0.4 is 0 Å². The summed E-state index contributed by atoms with van der Waals surface area (Å²) in [6, 6.07) is 0. The SMILES string of the molecule is [B][B]P.[Ni]. The Bertz CT molecular complexity index is 6.00. The molecule has 3 radical (unpaired) electrons. The van der Waals surface area contributed by atoms with E-state index in [1.807, 2.05) is 0 Å². The summed E-state index contributed by atoms with van der Waals surface area (Å²) in [6.45, 7) is 1.42. The molecule has 0 aromatic rings. The van der Waals surface area contributed by atoms with Crippen molar-refractivity contribution in [3.05, 3.63) is 0 Å². The molecule has 0 aliphatic rings. The van der Waals surface area contributed by atoms with Crippen molar-refractivity contribution in [3.8, 4) is 0 Å². The van der Waals surface area contributed by atoms with Gasteiger partial charge < -0.3 is 0 Å². The van der Waals surface area contributed by atoms with Crippen LogP contribution in [0.2, 0.25) is 0 Å². The van der Waals surface area contributed by atoms with Crippen molar-refractivity contribution in [1.29, 1.82) is 0 Å². The van der Waals surface area contributed by atoms with Gasteiger partial charge in [0.15, 0.2) is 0 Å². The summed E-state index contributed by atoms with van der Waals surface area (Å²) in [5, 5.41) is 0. The van der Waals surface area contributed by atoms with E-state index in [0.29, 0.717) is 0 Å². The van der Waals surface area contributed by atoms with E-state index in [1.54, 1.807) is 0 Å². The third-order valence-corrected chi connectivity index (χ3v) is 0. The van der Waals surface area contributed by atoms with Crippen LogP contribution in [0.1, 0.15) is 0 Å². The molecule has 0 saturated heterocycles. The Morgan fingerprint density at radius 2 is 1.75 bits per heavy atom. The molecule has 0 amide bonds. The first-order chi connectivity index (χ1) is 1.41. The molecule has 1 unspecified atom stereocenters. The molecule has 0 rings (SSSR count). The van der Waals surface area contributed by atoms with Gasteiger partial charge in [0.25, 0.3) is 0 Å². The van der Waals surface area contributed by atoms with Gasteiger partial charge in [0.1, 0.15) is 0 Å². The number of hydrogen-bond donors (Lipinski definition) is 0. The van der Waals surface area contributed by atoms with Crippen molar-refractivity contribution in [3.63, 3.8) is 0 Å². The molecule has 4 heteroatoms.